The van der Waals surface area contributed by atoms with Crippen LogP contribution in [0.1, 0.15) is 5.82 Å². The van der Waals surface area contributed by atoms with Crippen molar-refractivity contribution in [1.29, 1.82) is 0 Å². The molecule has 1 heterocycles. The van der Waals surface area contributed by atoms with Crippen LogP contribution < -0.4 is 14.8 Å². The van der Waals surface area contributed by atoms with Crippen LogP contribution in [-0.4, -0.2) is 33.5 Å². The number of anilines is 1. The van der Waals surface area contributed by atoms with Crippen LogP contribution in [0.3, 0.4) is 0 Å². The molecule has 0 bridgehead atoms. The van der Waals surface area contributed by atoms with Crippen LogP contribution >= 0.6 is 39.3 Å². The van der Waals surface area contributed by atoms with Crippen molar-refractivity contribution in [3.63, 3.8) is 0 Å². The highest BCUT2D eigenvalue weighted by Crippen LogP contribution is 2.26. The average molecular weight is 524 g/mol. The molecule has 31 heavy (non-hydrogen) atoms. The molecule has 0 saturated carbocycles. The van der Waals surface area contributed by atoms with E-state index in [4.69, 9.17) is 21.1 Å². The molecule has 0 atom stereocenters. The summed E-state index contributed by atoms with van der Waals surface area (Å²) in [5.74, 6) is 2.03. The predicted octanol–water partition coefficient (Wildman–Crippen LogP) is 5.20. The van der Waals surface area contributed by atoms with E-state index in [9.17, 15) is 4.79 Å². The Bertz CT molecular complexity index is 1060. The monoisotopic (exact) mass is 522 g/mol. The average Bonchev–Trinajstić information content (AvgIpc) is 3.15. The summed E-state index contributed by atoms with van der Waals surface area (Å²) in [6.45, 7) is 4.51. The van der Waals surface area contributed by atoms with Gasteiger partial charge in [0.25, 0.3) is 0 Å². The molecular formula is C21H20BrClN4O3S. The number of halogens is 2. The maximum absolute atomic E-state index is 12.3. The maximum atomic E-state index is 12.3. The quantitative estimate of drug-likeness (QED) is 0.291. The SMILES string of the molecule is C=CCn1c(COc2ccc(OC)cc2)nnc1SCC(=O)Nc1ccc(Br)cc1Cl. The van der Waals surface area contributed by atoms with E-state index in [2.05, 4.69) is 38.0 Å². The molecule has 1 aromatic heterocycles. The summed E-state index contributed by atoms with van der Waals surface area (Å²) in [5.41, 5.74) is 0.552. The van der Waals surface area contributed by atoms with Gasteiger partial charge in [0, 0.05) is 11.0 Å². The fourth-order valence-electron chi connectivity index (χ4n) is 2.57. The van der Waals surface area contributed by atoms with E-state index < -0.39 is 0 Å². The van der Waals surface area contributed by atoms with Gasteiger partial charge in [0.1, 0.15) is 18.1 Å². The van der Waals surface area contributed by atoms with Gasteiger partial charge in [-0.15, -0.1) is 16.8 Å². The van der Waals surface area contributed by atoms with Crippen molar-refractivity contribution in [2.45, 2.75) is 18.3 Å². The minimum absolute atomic E-state index is 0.154. The number of ether oxygens (including phenoxy) is 2. The van der Waals surface area contributed by atoms with E-state index in [1.807, 2.05) is 34.9 Å². The van der Waals surface area contributed by atoms with E-state index in [0.717, 1.165) is 10.2 Å². The molecule has 2 aromatic carbocycles. The van der Waals surface area contributed by atoms with Crippen molar-refractivity contribution < 1.29 is 14.3 Å². The van der Waals surface area contributed by atoms with Gasteiger partial charge in [-0.1, -0.05) is 45.4 Å². The molecule has 0 aliphatic carbocycles. The summed E-state index contributed by atoms with van der Waals surface area (Å²) in [5, 5.41) is 12.3. The van der Waals surface area contributed by atoms with Crippen LogP contribution in [0.2, 0.25) is 5.02 Å². The van der Waals surface area contributed by atoms with E-state index in [-0.39, 0.29) is 18.3 Å². The predicted molar refractivity (Wildman–Crippen MR) is 126 cm³/mol. The summed E-state index contributed by atoms with van der Waals surface area (Å²) in [7, 11) is 1.61. The Morgan fingerprint density at radius 1 is 1.26 bits per heavy atom. The zero-order chi connectivity index (χ0) is 22.2. The fourth-order valence-corrected chi connectivity index (χ4v) is 4.06. The number of thioether (sulfide) groups is 1. The molecule has 0 fully saturated rings. The number of rotatable bonds is 10. The number of allylic oxidation sites excluding steroid dienone is 1. The minimum Gasteiger partial charge on any atom is -0.497 e. The van der Waals surface area contributed by atoms with Crippen LogP contribution in [-0.2, 0) is 17.9 Å². The van der Waals surface area contributed by atoms with Crippen LogP contribution in [0.5, 0.6) is 11.5 Å². The Hall–Kier alpha value is -2.49. The second-order valence-electron chi connectivity index (χ2n) is 6.22. The highest BCUT2D eigenvalue weighted by atomic mass is 79.9. The summed E-state index contributed by atoms with van der Waals surface area (Å²) < 4.78 is 13.6. The van der Waals surface area contributed by atoms with Crippen LogP contribution in [0.15, 0.2) is 64.7 Å². The first kappa shape index (κ1) is 23.2. The third-order valence-electron chi connectivity index (χ3n) is 4.07. The standard InChI is InChI=1S/C21H20BrClN4O3S/c1-3-10-27-19(12-30-16-7-5-15(29-2)6-8-16)25-26-21(27)31-13-20(28)24-18-9-4-14(22)11-17(18)23/h3-9,11H,1,10,12-13H2,2H3,(H,24,28). The summed E-state index contributed by atoms with van der Waals surface area (Å²) in [6.07, 6.45) is 1.74. The third-order valence-corrected chi connectivity index (χ3v) is 5.84. The number of aromatic nitrogens is 3. The van der Waals surface area contributed by atoms with Gasteiger partial charge in [-0.3, -0.25) is 9.36 Å². The number of benzene rings is 2. The molecule has 0 aliphatic heterocycles. The molecule has 0 saturated heterocycles. The zero-order valence-corrected chi connectivity index (χ0v) is 19.8. The molecular weight excluding hydrogens is 504 g/mol. The lowest BCUT2D eigenvalue weighted by Crippen LogP contribution is -2.15. The Morgan fingerprint density at radius 3 is 2.68 bits per heavy atom. The van der Waals surface area contributed by atoms with E-state index in [1.54, 1.807) is 25.3 Å². The molecule has 0 radical (unpaired) electrons. The van der Waals surface area contributed by atoms with Gasteiger partial charge in [-0.05, 0) is 42.5 Å². The Kier molecular flexibility index (Phi) is 8.39. The van der Waals surface area contributed by atoms with Crippen LogP contribution in [0.4, 0.5) is 5.69 Å². The number of nitrogens with one attached hydrogen (secondary N) is 1. The van der Waals surface area contributed by atoms with Gasteiger partial charge < -0.3 is 14.8 Å². The van der Waals surface area contributed by atoms with Crippen LogP contribution in [0, 0.1) is 0 Å². The van der Waals surface area contributed by atoms with E-state index in [1.165, 1.54) is 11.8 Å². The lowest BCUT2D eigenvalue weighted by Gasteiger charge is -2.10. The van der Waals surface area contributed by atoms with E-state index in [0.29, 0.717) is 34.0 Å². The second-order valence-corrected chi connectivity index (χ2v) is 8.49. The Balaban J connectivity index is 1.61. The topological polar surface area (TPSA) is 78.3 Å². The Morgan fingerprint density at radius 2 is 2.00 bits per heavy atom. The maximum Gasteiger partial charge on any atom is 0.234 e. The molecule has 3 rings (SSSR count). The van der Waals surface area contributed by atoms with Gasteiger partial charge in [-0.25, -0.2) is 0 Å². The molecule has 7 nitrogen and oxygen atoms in total. The van der Waals surface area contributed by atoms with Crippen molar-refractivity contribution in [3.05, 3.63) is 70.4 Å². The number of carbonyl (C=O) groups is 1. The highest BCUT2D eigenvalue weighted by molar-refractivity contribution is 9.10. The summed E-state index contributed by atoms with van der Waals surface area (Å²) in [4.78, 5) is 12.3. The molecule has 0 spiro atoms. The van der Waals surface area contributed by atoms with Gasteiger partial charge >= 0.3 is 0 Å². The first-order valence-corrected chi connectivity index (χ1v) is 11.3. The van der Waals surface area contributed by atoms with Crippen LogP contribution in [0.25, 0.3) is 0 Å². The second kappa shape index (κ2) is 11.2. The van der Waals surface area contributed by atoms with Crippen molar-refractivity contribution in [2.75, 3.05) is 18.2 Å². The van der Waals surface area contributed by atoms with E-state index >= 15 is 0 Å². The minimum atomic E-state index is -0.196. The molecule has 1 amide bonds. The lowest BCUT2D eigenvalue weighted by atomic mass is 10.3. The number of carbonyl (C=O) groups excluding carboxylic acids is 1. The number of hydrogen-bond donors (Lipinski definition) is 1. The number of nitrogens with zero attached hydrogens (tertiary/aromatic N) is 3. The first-order valence-electron chi connectivity index (χ1n) is 9.17. The molecule has 10 heteroatoms. The molecule has 0 aliphatic rings. The first-order chi connectivity index (χ1) is 15.0. The summed E-state index contributed by atoms with van der Waals surface area (Å²) in [6, 6.07) is 12.6. The highest BCUT2D eigenvalue weighted by Gasteiger charge is 2.15. The third kappa shape index (κ3) is 6.49. The largest absolute Gasteiger partial charge is 0.497 e. The lowest BCUT2D eigenvalue weighted by molar-refractivity contribution is -0.113. The molecule has 162 valence electrons. The summed E-state index contributed by atoms with van der Waals surface area (Å²) >= 11 is 10.8. The zero-order valence-electron chi connectivity index (χ0n) is 16.7. The number of methoxy groups -OCH3 is 1. The van der Waals surface area contributed by atoms with Gasteiger partial charge in [0.15, 0.2) is 11.0 Å². The van der Waals surface area contributed by atoms with Crippen molar-refractivity contribution in [3.8, 4) is 11.5 Å². The van der Waals surface area contributed by atoms with Gasteiger partial charge in [0.05, 0.1) is 23.6 Å². The molecule has 0 unspecified atom stereocenters. The smallest absolute Gasteiger partial charge is 0.234 e. The molecule has 1 N–H and O–H groups in total. The van der Waals surface area contributed by atoms with Crippen molar-refractivity contribution in [1.82, 2.24) is 14.8 Å². The normalized spacial score (nSPS) is 10.5. The van der Waals surface area contributed by atoms with Gasteiger partial charge in [0.2, 0.25) is 5.91 Å². The number of hydrogen-bond acceptors (Lipinski definition) is 6. The van der Waals surface area contributed by atoms with Crippen molar-refractivity contribution in [2.24, 2.45) is 0 Å². The van der Waals surface area contributed by atoms with Gasteiger partial charge in [-0.2, -0.15) is 0 Å². The fraction of sp³-hybridized carbons (Fsp3) is 0.190. The van der Waals surface area contributed by atoms with Crippen molar-refractivity contribution >= 4 is 50.9 Å². The molecule has 3 aromatic rings. The number of amides is 1. The Labute approximate surface area is 197 Å².